The smallest absolute Gasteiger partial charge is 0.321 e. The van der Waals surface area contributed by atoms with Crippen molar-refractivity contribution in [1.29, 1.82) is 0 Å². The van der Waals surface area contributed by atoms with Gasteiger partial charge in [-0.05, 0) is 73.6 Å². The van der Waals surface area contributed by atoms with Gasteiger partial charge in [-0.1, -0.05) is 61.5 Å². The number of phenols is 1. The molecule has 0 aliphatic carbocycles. The fourth-order valence-corrected chi connectivity index (χ4v) is 6.02. The number of urea groups is 1. The Balaban J connectivity index is 1.39. The molecular weight excluding hydrogens is 773 g/mol. The van der Waals surface area contributed by atoms with Crippen molar-refractivity contribution in [3.05, 3.63) is 116 Å². The standard InChI is InChI=1S/C43H54N8O9/c1-3-34(53)45-23-24-48-43(58)51-42(44)47-22-11-16-33(40(56)49-27-28-17-19-31(52)20-18-28)50-41(57)35(29-12-6-5-7-13-29)30-14-10-15-32(26-30)60-25-9-8-21-46-36-37(54)38(55)39(36)59-4-2/h5-7,10,12-15,17-20,26,33,35,46,52H,3-4,8-9,11,16,21-25,27H2,1-2H3,(H,45,53)(H,49,56)(H,50,57)(H4,44,47,48,51,58)/t33-,35?/m1/s1. The first kappa shape index (κ1) is 45.8. The van der Waals surface area contributed by atoms with Crippen LogP contribution >= 0.6 is 0 Å². The molecule has 4 rings (SSSR count). The molecule has 0 saturated heterocycles. The van der Waals surface area contributed by atoms with E-state index in [1.807, 2.05) is 36.4 Å². The summed E-state index contributed by atoms with van der Waals surface area (Å²) >= 11 is 0. The number of aliphatic imine (C=N–C) groups is 1. The molecule has 5 amide bonds. The maximum atomic E-state index is 14.3. The number of rotatable bonds is 24. The van der Waals surface area contributed by atoms with Gasteiger partial charge >= 0.3 is 6.03 Å². The molecular formula is C43H54N8O9. The van der Waals surface area contributed by atoms with Gasteiger partial charge < -0.3 is 46.9 Å². The summed E-state index contributed by atoms with van der Waals surface area (Å²) in [6.45, 7) is 5.29. The molecule has 0 radical (unpaired) electrons. The number of nitrogens with two attached hydrogens (primary N) is 1. The molecule has 2 atom stereocenters. The summed E-state index contributed by atoms with van der Waals surface area (Å²) in [5.74, 6) is -1.23. The Morgan fingerprint density at radius 2 is 1.52 bits per heavy atom. The fourth-order valence-electron chi connectivity index (χ4n) is 6.02. The zero-order chi connectivity index (χ0) is 43.3. The Bertz CT molecular complexity index is 2120. The van der Waals surface area contributed by atoms with Crippen LogP contribution in [0.4, 0.5) is 10.5 Å². The molecule has 0 aliphatic rings. The fraction of sp³-hybridized carbons (Fsp3) is 0.372. The van der Waals surface area contributed by atoms with Crippen LogP contribution in [0.3, 0.4) is 0 Å². The summed E-state index contributed by atoms with van der Waals surface area (Å²) in [5, 5.41) is 26.1. The van der Waals surface area contributed by atoms with E-state index in [0.29, 0.717) is 55.7 Å². The lowest BCUT2D eigenvalue weighted by molar-refractivity contribution is -0.129. The van der Waals surface area contributed by atoms with Gasteiger partial charge in [-0.15, -0.1) is 0 Å². The molecule has 0 aromatic heterocycles. The Morgan fingerprint density at radius 3 is 2.25 bits per heavy atom. The summed E-state index contributed by atoms with van der Waals surface area (Å²) in [6, 6.07) is 21.2. The van der Waals surface area contributed by atoms with Crippen LogP contribution in [0, 0.1) is 0 Å². The molecule has 1 unspecified atom stereocenters. The van der Waals surface area contributed by atoms with Gasteiger partial charge in [0.25, 0.3) is 10.9 Å². The quantitative estimate of drug-likeness (QED) is 0.0221. The minimum absolute atomic E-state index is 0.0763. The molecule has 0 saturated carbocycles. The van der Waals surface area contributed by atoms with Crippen LogP contribution in [0.1, 0.15) is 68.6 Å². The highest BCUT2D eigenvalue weighted by molar-refractivity contribution is 5.95. The lowest BCUT2D eigenvalue weighted by Crippen LogP contribution is -2.48. The minimum Gasteiger partial charge on any atom is -0.508 e. The number of ether oxygens (including phenoxy) is 2. The molecule has 60 heavy (non-hydrogen) atoms. The molecule has 0 heterocycles. The average Bonchev–Trinajstić information content (AvgIpc) is 3.25. The highest BCUT2D eigenvalue weighted by Crippen LogP contribution is 2.28. The number of phenolic OH excluding ortho intramolecular Hbond substituents is 1. The van der Waals surface area contributed by atoms with E-state index in [1.54, 1.807) is 44.2 Å². The number of unbranched alkanes of at least 4 members (excludes halogenated alkanes) is 1. The molecule has 17 nitrogen and oxygen atoms in total. The molecule has 4 aromatic rings. The van der Waals surface area contributed by atoms with Crippen LogP contribution < -0.4 is 58.0 Å². The number of guanidine groups is 1. The van der Waals surface area contributed by atoms with Crippen LogP contribution in [0.2, 0.25) is 0 Å². The molecule has 0 spiro atoms. The van der Waals surface area contributed by atoms with E-state index in [0.717, 1.165) is 5.56 Å². The van der Waals surface area contributed by atoms with Crippen molar-refractivity contribution in [3.63, 3.8) is 0 Å². The molecule has 9 N–H and O–H groups in total. The topological polar surface area (TPSA) is 252 Å². The van der Waals surface area contributed by atoms with Gasteiger partial charge in [-0.3, -0.25) is 34.3 Å². The minimum atomic E-state index is -0.978. The van der Waals surface area contributed by atoms with Crippen LogP contribution in [-0.2, 0) is 20.9 Å². The second-order valence-electron chi connectivity index (χ2n) is 13.6. The molecule has 17 heteroatoms. The van der Waals surface area contributed by atoms with Gasteiger partial charge in [0.15, 0.2) is 11.7 Å². The number of carbonyl (C=O) groups excluding carboxylic acids is 4. The number of nitrogens with one attached hydrogen (secondary N) is 6. The highest BCUT2D eigenvalue weighted by atomic mass is 16.5. The predicted molar refractivity (Wildman–Crippen MR) is 228 cm³/mol. The van der Waals surface area contributed by atoms with E-state index in [9.17, 15) is 33.9 Å². The third-order valence-electron chi connectivity index (χ3n) is 9.15. The number of hydrogen-bond acceptors (Lipinski definition) is 11. The molecule has 0 fully saturated rings. The van der Waals surface area contributed by atoms with Crippen LogP contribution in [0.15, 0.2) is 93.4 Å². The molecule has 4 aromatic carbocycles. The predicted octanol–water partition coefficient (Wildman–Crippen LogP) is 2.51. The van der Waals surface area contributed by atoms with E-state index in [4.69, 9.17) is 15.2 Å². The zero-order valence-electron chi connectivity index (χ0n) is 33.9. The van der Waals surface area contributed by atoms with Crippen molar-refractivity contribution in [2.24, 2.45) is 10.7 Å². The van der Waals surface area contributed by atoms with Gasteiger partial charge in [0.1, 0.15) is 23.2 Å². The largest absolute Gasteiger partial charge is 0.508 e. The first-order valence-electron chi connectivity index (χ1n) is 20.0. The third-order valence-corrected chi connectivity index (χ3v) is 9.15. The summed E-state index contributed by atoms with van der Waals surface area (Å²) < 4.78 is 11.3. The van der Waals surface area contributed by atoms with Crippen molar-refractivity contribution in [2.45, 2.75) is 64.5 Å². The summed E-state index contributed by atoms with van der Waals surface area (Å²) in [7, 11) is 0. The number of nitrogens with zero attached hydrogens (tertiary/aromatic N) is 1. The summed E-state index contributed by atoms with van der Waals surface area (Å²) in [6.07, 6.45) is 2.13. The van der Waals surface area contributed by atoms with Gasteiger partial charge in [0.05, 0.1) is 19.1 Å². The first-order chi connectivity index (χ1) is 29.0. The number of carbonyl (C=O) groups is 4. The van der Waals surface area contributed by atoms with Gasteiger partial charge in [-0.2, -0.15) is 0 Å². The number of anilines is 1. The Hall–Kier alpha value is -6.91. The number of aromatic hydroxyl groups is 1. The van der Waals surface area contributed by atoms with Crippen LogP contribution in [0.5, 0.6) is 17.2 Å². The van der Waals surface area contributed by atoms with Crippen molar-refractivity contribution in [1.82, 2.24) is 26.6 Å². The van der Waals surface area contributed by atoms with Crippen LogP contribution in [-0.4, -0.2) is 80.3 Å². The second kappa shape index (κ2) is 24.1. The molecule has 0 bridgehead atoms. The van der Waals surface area contributed by atoms with E-state index in [-0.39, 0.29) is 68.3 Å². The second-order valence-corrected chi connectivity index (χ2v) is 13.6. The van der Waals surface area contributed by atoms with E-state index in [1.165, 1.54) is 12.1 Å². The summed E-state index contributed by atoms with van der Waals surface area (Å²) in [4.78, 5) is 79.3. The lowest BCUT2D eigenvalue weighted by Gasteiger charge is -2.23. The third kappa shape index (κ3) is 14.5. The van der Waals surface area contributed by atoms with Crippen molar-refractivity contribution in [2.75, 3.05) is 44.7 Å². The molecule has 320 valence electrons. The summed E-state index contributed by atoms with van der Waals surface area (Å²) in [5.41, 5.74) is 6.99. The van der Waals surface area contributed by atoms with E-state index < -0.39 is 40.7 Å². The van der Waals surface area contributed by atoms with Crippen LogP contribution in [0.25, 0.3) is 0 Å². The molecule has 0 aliphatic heterocycles. The number of benzene rings is 3. The zero-order valence-corrected chi connectivity index (χ0v) is 33.9. The lowest BCUT2D eigenvalue weighted by atomic mass is 9.90. The number of hydrogen-bond donors (Lipinski definition) is 8. The SMILES string of the molecule is CCOc1c(NCCCCOc2cccc(C(C(=O)N[C@H](CCCN=C(N)NC(=O)NCCNC(=O)CC)C(=O)NCc3ccc(O)cc3)c3ccccc3)c2)c(=O)c1=O. The first-order valence-corrected chi connectivity index (χ1v) is 20.0. The monoisotopic (exact) mass is 826 g/mol. The van der Waals surface area contributed by atoms with Gasteiger partial charge in [-0.25, -0.2) is 4.79 Å². The van der Waals surface area contributed by atoms with Crippen molar-refractivity contribution in [3.8, 4) is 17.2 Å². The van der Waals surface area contributed by atoms with Gasteiger partial charge in [0.2, 0.25) is 17.7 Å². The van der Waals surface area contributed by atoms with Crippen molar-refractivity contribution < 1.29 is 33.8 Å². The average molecular weight is 827 g/mol. The van der Waals surface area contributed by atoms with Gasteiger partial charge in [0, 0.05) is 39.1 Å². The Morgan fingerprint density at radius 1 is 0.783 bits per heavy atom. The van der Waals surface area contributed by atoms with E-state index in [2.05, 4.69) is 36.9 Å². The normalized spacial score (nSPS) is 12.1. The number of amides is 5. The van der Waals surface area contributed by atoms with E-state index >= 15 is 0 Å². The highest BCUT2D eigenvalue weighted by Gasteiger charge is 2.28. The Labute approximate surface area is 348 Å². The van der Waals surface area contributed by atoms with Crippen molar-refractivity contribution >= 4 is 35.4 Å². The Kier molecular flexibility index (Phi) is 18.4. The maximum Gasteiger partial charge on any atom is 0.321 e. The maximum absolute atomic E-state index is 14.3.